The third kappa shape index (κ3) is 7.06. The van der Waals surface area contributed by atoms with Crippen LogP contribution in [-0.2, 0) is 20.9 Å². The number of ketones is 2. The van der Waals surface area contributed by atoms with Crippen molar-refractivity contribution in [1.29, 1.82) is 0 Å². The first kappa shape index (κ1) is 23.2. The van der Waals surface area contributed by atoms with E-state index in [-0.39, 0.29) is 30.0 Å². The van der Waals surface area contributed by atoms with E-state index >= 15 is 0 Å². The van der Waals surface area contributed by atoms with Gasteiger partial charge in [0.1, 0.15) is 11.2 Å². The van der Waals surface area contributed by atoms with Gasteiger partial charge in [-0.3, -0.25) is 9.59 Å². The van der Waals surface area contributed by atoms with Crippen molar-refractivity contribution < 1.29 is 14.3 Å². The van der Waals surface area contributed by atoms with Crippen LogP contribution in [0.4, 0.5) is 0 Å². The highest BCUT2D eigenvalue weighted by atomic mass is 32.1. The number of carbonyl (C=O) groups is 2. The van der Waals surface area contributed by atoms with Crippen LogP contribution in [0.2, 0.25) is 0 Å². The molecule has 1 unspecified atom stereocenters. The number of carbonyl (C=O) groups excluding carboxylic acids is 2. The highest BCUT2D eigenvalue weighted by molar-refractivity contribution is 7.82. The average molecular weight is 398 g/mol. The molecule has 0 saturated carbocycles. The summed E-state index contributed by atoms with van der Waals surface area (Å²) in [6.45, 7) is 6.20. The van der Waals surface area contributed by atoms with Gasteiger partial charge in [0.15, 0.2) is 5.78 Å². The number of nitrogens with one attached hydrogen (secondary N) is 1. The largest absolute Gasteiger partial charge is 0.375 e. The van der Waals surface area contributed by atoms with Crippen LogP contribution in [-0.4, -0.2) is 35.3 Å². The molecule has 1 aromatic carbocycles. The van der Waals surface area contributed by atoms with Crippen molar-refractivity contribution in [2.75, 3.05) is 13.7 Å². The lowest BCUT2D eigenvalue weighted by molar-refractivity contribution is -0.125. The first-order valence-electron chi connectivity index (χ1n) is 8.95. The van der Waals surface area contributed by atoms with E-state index in [4.69, 9.17) is 4.74 Å². The molecule has 146 valence electrons. The minimum absolute atomic E-state index is 0.0418. The molecule has 0 aromatic heterocycles. The molecule has 1 aromatic rings. The van der Waals surface area contributed by atoms with Crippen LogP contribution in [0.5, 0.6) is 0 Å². The first-order chi connectivity index (χ1) is 12.2. The van der Waals surface area contributed by atoms with Gasteiger partial charge in [-0.1, -0.05) is 44.2 Å². The van der Waals surface area contributed by atoms with Crippen molar-refractivity contribution in [1.82, 2.24) is 5.32 Å². The number of benzene rings is 1. The maximum atomic E-state index is 12.5. The molecule has 3 atom stereocenters. The predicted octanol–water partition coefficient (Wildman–Crippen LogP) is 3.56. The van der Waals surface area contributed by atoms with Crippen molar-refractivity contribution in [3.8, 4) is 0 Å². The summed E-state index contributed by atoms with van der Waals surface area (Å²) in [5, 5.41) is 2.38. The third-order valence-corrected chi connectivity index (χ3v) is 5.87. The second kappa shape index (κ2) is 11.1. The van der Waals surface area contributed by atoms with Gasteiger partial charge in [-0.05, 0) is 38.3 Å². The van der Waals surface area contributed by atoms with Crippen molar-refractivity contribution in [2.24, 2.45) is 11.8 Å². The molecule has 0 saturated heterocycles. The topological polar surface area (TPSA) is 55.4 Å². The number of likely N-dealkylation sites (N-methyl/N-ethyl adjacent to an activating group) is 1. The second-order valence-electron chi connectivity index (χ2n) is 7.05. The number of rotatable bonds is 12. The molecule has 26 heavy (non-hydrogen) atoms. The Balaban J connectivity index is 2.69. The molecular weight excluding hydrogens is 366 g/mol. The Hall–Kier alpha value is -0.820. The van der Waals surface area contributed by atoms with E-state index in [1.165, 1.54) is 6.92 Å². The third-order valence-electron chi connectivity index (χ3n) is 4.69. The molecular formula is C20H31NO3S2. The molecule has 0 spiro atoms. The van der Waals surface area contributed by atoms with Crippen LogP contribution in [0.1, 0.15) is 39.2 Å². The summed E-state index contributed by atoms with van der Waals surface area (Å²) >= 11 is 8.92. The van der Waals surface area contributed by atoms with E-state index in [1.807, 2.05) is 44.2 Å². The summed E-state index contributed by atoms with van der Waals surface area (Å²) in [6.07, 6.45) is 1.06. The molecule has 0 aliphatic rings. The van der Waals surface area contributed by atoms with E-state index in [1.54, 1.807) is 7.05 Å². The van der Waals surface area contributed by atoms with E-state index in [2.05, 4.69) is 30.6 Å². The smallest absolute Gasteiger partial charge is 0.163 e. The van der Waals surface area contributed by atoms with Crippen LogP contribution >= 0.6 is 25.3 Å². The molecule has 4 nitrogen and oxygen atoms in total. The second-order valence-corrected chi connectivity index (χ2v) is 8.42. The number of hydrogen-bond acceptors (Lipinski definition) is 6. The number of ether oxygens (including phenoxy) is 1. The summed E-state index contributed by atoms with van der Waals surface area (Å²) in [5.41, 5.74) is 1.05. The van der Waals surface area contributed by atoms with Gasteiger partial charge in [-0.2, -0.15) is 25.3 Å². The van der Waals surface area contributed by atoms with Crippen LogP contribution in [0, 0.1) is 11.8 Å². The summed E-state index contributed by atoms with van der Waals surface area (Å²) in [6, 6.07) is 9.81. The normalized spacial score (nSPS) is 16.1. The minimum atomic E-state index is -0.895. The molecule has 6 heteroatoms. The maximum Gasteiger partial charge on any atom is 0.163 e. The fourth-order valence-corrected chi connectivity index (χ4v) is 3.22. The molecule has 0 aliphatic carbocycles. The number of hydrogen-bond donors (Lipinski definition) is 3. The molecule has 0 fully saturated rings. The zero-order valence-electron chi connectivity index (χ0n) is 16.1. The van der Waals surface area contributed by atoms with Gasteiger partial charge in [-0.15, -0.1) is 0 Å². The Labute approximate surface area is 168 Å². The van der Waals surface area contributed by atoms with Gasteiger partial charge in [-0.25, -0.2) is 0 Å². The Morgan fingerprint density at radius 1 is 1.23 bits per heavy atom. The van der Waals surface area contributed by atoms with Gasteiger partial charge < -0.3 is 10.1 Å². The van der Waals surface area contributed by atoms with Gasteiger partial charge in [0, 0.05) is 5.92 Å². The van der Waals surface area contributed by atoms with Crippen LogP contribution in [0.25, 0.3) is 0 Å². The molecule has 0 radical (unpaired) electrons. The van der Waals surface area contributed by atoms with Crippen molar-refractivity contribution in [3.63, 3.8) is 0 Å². The molecule has 1 rings (SSSR count). The molecule has 0 amide bonds. The minimum Gasteiger partial charge on any atom is -0.375 e. The number of Topliss-reactive ketones (excluding diaryl/α,β-unsaturated/α-hetero) is 2. The zero-order valence-corrected chi connectivity index (χ0v) is 17.9. The summed E-state index contributed by atoms with van der Waals surface area (Å²) in [5.74, 6) is 0.000361. The lowest BCUT2D eigenvalue weighted by Crippen LogP contribution is -2.40. The zero-order chi connectivity index (χ0) is 19.7. The fourth-order valence-electron chi connectivity index (χ4n) is 2.81. The van der Waals surface area contributed by atoms with E-state index in [9.17, 15) is 9.59 Å². The van der Waals surface area contributed by atoms with Gasteiger partial charge in [0.2, 0.25) is 0 Å². The lowest BCUT2D eigenvalue weighted by atomic mass is 9.83. The monoisotopic (exact) mass is 397 g/mol. The average Bonchev–Trinajstić information content (AvgIpc) is 2.61. The first-order valence-corrected chi connectivity index (χ1v) is 9.91. The molecule has 0 bridgehead atoms. The van der Waals surface area contributed by atoms with Crippen molar-refractivity contribution in [3.05, 3.63) is 35.9 Å². The number of thiol groups is 2. The fraction of sp³-hybridized carbons (Fsp3) is 0.600. The summed E-state index contributed by atoms with van der Waals surface area (Å²) < 4.78 is 4.86. The van der Waals surface area contributed by atoms with Gasteiger partial charge in [0.25, 0.3) is 0 Å². The Morgan fingerprint density at radius 2 is 1.85 bits per heavy atom. The quantitative estimate of drug-likeness (QED) is 0.373. The van der Waals surface area contributed by atoms with Crippen molar-refractivity contribution >= 4 is 36.8 Å². The SMILES string of the molecule is CNC(S)C(=O)[C@H](CC[C@](S)(COCc1ccccc1)C(C)=O)C(C)C. The van der Waals surface area contributed by atoms with E-state index < -0.39 is 10.1 Å². The summed E-state index contributed by atoms with van der Waals surface area (Å²) in [4.78, 5) is 24.7. The van der Waals surface area contributed by atoms with Crippen LogP contribution in [0.3, 0.4) is 0 Å². The molecule has 0 heterocycles. The highest BCUT2D eigenvalue weighted by Gasteiger charge is 2.35. The lowest BCUT2D eigenvalue weighted by Gasteiger charge is -2.29. The Kier molecular flexibility index (Phi) is 9.93. The Bertz CT molecular complexity index is 580. The van der Waals surface area contributed by atoms with Crippen LogP contribution < -0.4 is 5.32 Å². The van der Waals surface area contributed by atoms with E-state index in [0.29, 0.717) is 19.4 Å². The summed E-state index contributed by atoms with van der Waals surface area (Å²) in [7, 11) is 1.71. The van der Waals surface area contributed by atoms with Crippen LogP contribution in [0.15, 0.2) is 30.3 Å². The van der Waals surface area contributed by atoms with Crippen molar-refractivity contribution in [2.45, 2.75) is 50.3 Å². The standard InChI is InChI=1S/C20H31NO3S2/c1-14(2)17(18(23)19(25)21-4)10-11-20(26,15(3)22)13-24-12-16-8-6-5-7-9-16/h5-9,14,17,19,21,25-26H,10-13H2,1-4H3/t17-,19?,20+/m1/s1. The maximum absolute atomic E-state index is 12.5. The Morgan fingerprint density at radius 3 is 2.35 bits per heavy atom. The predicted molar refractivity (Wildman–Crippen MR) is 113 cm³/mol. The van der Waals surface area contributed by atoms with Gasteiger partial charge in [0.05, 0.1) is 18.0 Å². The molecule has 0 aliphatic heterocycles. The van der Waals surface area contributed by atoms with E-state index in [0.717, 1.165) is 5.56 Å². The molecule has 1 N–H and O–H groups in total. The van der Waals surface area contributed by atoms with Gasteiger partial charge >= 0.3 is 0 Å². The highest BCUT2D eigenvalue weighted by Crippen LogP contribution is 2.30.